The molecule has 1 amide bonds. The van der Waals surface area contributed by atoms with Crippen LogP contribution in [0.15, 0.2) is 58.3 Å². The molecule has 2 bridgehead atoms. The van der Waals surface area contributed by atoms with Crippen LogP contribution in [0.5, 0.6) is 5.75 Å². The highest BCUT2D eigenvalue weighted by Crippen LogP contribution is 2.34. The Kier molecular flexibility index (Phi) is 4.68. The van der Waals surface area contributed by atoms with Gasteiger partial charge in [0.15, 0.2) is 0 Å². The zero-order valence-electron chi connectivity index (χ0n) is 14.2. The van der Waals surface area contributed by atoms with E-state index in [0.29, 0.717) is 17.6 Å². The van der Waals surface area contributed by atoms with Gasteiger partial charge in [-0.2, -0.15) is 0 Å². The fraction of sp³-hybridized carbons (Fsp3) is 0.350. The molecule has 2 saturated heterocycles. The van der Waals surface area contributed by atoms with Crippen LogP contribution >= 0.6 is 11.8 Å². The first-order valence-corrected chi connectivity index (χ1v) is 9.52. The third-order valence-electron chi connectivity index (χ3n) is 5.03. The Morgan fingerprint density at radius 1 is 1.16 bits per heavy atom. The van der Waals surface area contributed by atoms with Crippen LogP contribution in [0.1, 0.15) is 29.6 Å². The standard InChI is InChI=1S/C20H22N2O2S/c1-24-18-4-2-3-5-19(18)25-15-9-6-13(7-10-15)20(23)22-17-12-14-8-11-16(17)21-14/h2-7,9-10,14,16-17,21H,8,11-12H2,1H3,(H,22,23). The van der Waals surface area contributed by atoms with Crippen molar-refractivity contribution in [2.75, 3.05) is 7.11 Å². The summed E-state index contributed by atoms with van der Waals surface area (Å²) in [5.74, 6) is 0.881. The van der Waals surface area contributed by atoms with Gasteiger partial charge in [-0.25, -0.2) is 0 Å². The van der Waals surface area contributed by atoms with Crippen LogP contribution in [0.2, 0.25) is 0 Å². The average molecular weight is 354 g/mol. The van der Waals surface area contributed by atoms with Crippen LogP contribution in [0.25, 0.3) is 0 Å². The highest BCUT2D eigenvalue weighted by atomic mass is 32.2. The van der Waals surface area contributed by atoms with Gasteiger partial charge in [-0.3, -0.25) is 4.79 Å². The van der Waals surface area contributed by atoms with E-state index < -0.39 is 0 Å². The lowest BCUT2D eigenvalue weighted by Gasteiger charge is -2.21. The molecule has 130 valence electrons. The van der Waals surface area contributed by atoms with Gasteiger partial charge >= 0.3 is 0 Å². The smallest absolute Gasteiger partial charge is 0.251 e. The fourth-order valence-electron chi connectivity index (χ4n) is 3.74. The summed E-state index contributed by atoms with van der Waals surface area (Å²) in [5, 5.41) is 6.74. The van der Waals surface area contributed by atoms with Crippen LogP contribution in [0.4, 0.5) is 0 Å². The van der Waals surface area contributed by atoms with Crippen molar-refractivity contribution < 1.29 is 9.53 Å². The Morgan fingerprint density at radius 3 is 2.64 bits per heavy atom. The Labute approximate surface area is 152 Å². The lowest BCUT2D eigenvalue weighted by molar-refractivity contribution is 0.0931. The molecular formula is C20H22N2O2S. The molecule has 0 aliphatic carbocycles. The van der Waals surface area contributed by atoms with Crippen molar-refractivity contribution >= 4 is 17.7 Å². The van der Waals surface area contributed by atoms with Crippen LogP contribution in [-0.2, 0) is 0 Å². The maximum Gasteiger partial charge on any atom is 0.251 e. The van der Waals surface area contributed by atoms with E-state index in [1.54, 1.807) is 18.9 Å². The summed E-state index contributed by atoms with van der Waals surface area (Å²) in [7, 11) is 1.68. The van der Waals surface area contributed by atoms with E-state index in [0.717, 1.165) is 22.0 Å². The van der Waals surface area contributed by atoms with Gasteiger partial charge in [0, 0.05) is 28.6 Å². The van der Waals surface area contributed by atoms with Gasteiger partial charge in [0.2, 0.25) is 0 Å². The number of rotatable bonds is 5. The van der Waals surface area contributed by atoms with Crippen LogP contribution < -0.4 is 15.4 Å². The van der Waals surface area contributed by atoms with Crippen LogP contribution in [-0.4, -0.2) is 31.1 Å². The minimum atomic E-state index is 0.0215. The minimum Gasteiger partial charge on any atom is -0.496 e. The molecule has 2 N–H and O–H groups in total. The molecule has 2 aliphatic heterocycles. The molecule has 3 unspecified atom stereocenters. The van der Waals surface area contributed by atoms with E-state index in [1.807, 2.05) is 48.5 Å². The van der Waals surface area contributed by atoms with Crippen molar-refractivity contribution in [1.82, 2.24) is 10.6 Å². The maximum absolute atomic E-state index is 12.5. The van der Waals surface area contributed by atoms with Crippen LogP contribution in [0, 0.1) is 0 Å². The van der Waals surface area contributed by atoms with Gasteiger partial charge in [0.25, 0.3) is 5.91 Å². The number of ether oxygens (including phenoxy) is 1. The summed E-state index contributed by atoms with van der Waals surface area (Å²) in [6.45, 7) is 0. The quantitative estimate of drug-likeness (QED) is 0.863. The van der Waals surface area contributed by atoms with E-state index in [2.05, 4.69) is 10.6 Å². The third-order valence-corrected chi connectivity index (χ3v) is 6.09. The zero-order valence-corrected chi connectivity index (χ0v) is 15.0. The molecule has 5 heteroatoms. The molecule has 0 saturated carbocycles. The number of nitrogens with one attached hydrogen (secondary N) is 2. The summed E-state index contributed by atoms with van der Waals surface area (Å²) in [6.07, 6.45) is 3.47. The number of hydrogen-bond acceptors (Lipinski definition) is 4. The lowest BCUT2D eigenvalue weighted by Crippen LogP contribution is -2.42. The molecule has 2 heterocycles. The van der Waals surface area contributed by atoms with Crippen molar-refractivity contribution in [3.63, 3.8) is 0 Å². The molecule has 2 fully saturated rings. The number of hydrogen-bond donors (Lipinski definition) is 2. The summed E-state index contributed by atoms with van der Waals surface area (Å²) in [5.41, 5.74) is 0.715. The maximum atomic E-state index is 12.5. The fourth-order valence-corrected chi connectivity index (χ4v) is 4.66. The first kappa shape index (κ1) is 16.5. The molecule has 0 aromatic heterocycles. The van der Waals surface area contributed by atoms with Gasteiger partial charge in [0.1, 0.15) is 5.75 Å². The number of amides is 1. The largest absolute Gasteiger partial charge is 0.496 e. The molecule has 4 nitrogen and oxygen atoms in total. The van der Waals surface area contributed by atoms with Crippen molar-refractivity contribution in [1.29, 1.82) is 0 Å². The molecule has 3 atom stereocenters. The second-order valence-corrected chi connectivity index (χ2v) is 7.76. The predicted octanol–water partition coefficient (Wildman–Crippen LogP) is 3.47. The van der Waals surface area contributed by atoms with Crippen molar-refractivity contribution in [3.05, 3.63) is 54.1 Å². The predicted molar refractivity (Wildman–Crippen MR) is 99.4 cm³/mol. The molecule has 2 aromatic carbocycles. The molecular weight excluding hydrogens is 332 g/mol. The Hall–Kier alpha value is -1.98. The molecule has 0 radical (unpaired) electrons. The number of para-hydroxylation sites is 1. The van der Waals surface area contributed by atoms with Gasteiger partial charge in [-0.05, 0) is 55.7 Å². The lowest BCUT2D eigenvalue weighted by atomic mass is 9.95. The number of carbonyl (C=O) groups excluding carboxylic acids is 1. The highest BCUT2D eigenvalue weighted by molar-refractivity contribution is 7.99. The molecule has 0 spiro atoms. The summed E-state index contributed by atoms with van der Waals surface area (Å²) < 4.78 is 5.39. The summed E-state index contributed by atoms with van der Waals surface area (Å²) in [6, 6.07) is 17.0. The van der Waals surface area contributed by atoms with Crippen molar-refractivity contribution in [2.24, 2.45) is 0 Å². The molecule has 4 rings (SSSR count). The summed E-state index contributed by atoms with van der Waals surface area (Å²) >= 11 is 1.64. The number of carbonyl (C=O) groups is 1. The normalized spacial score (nSPS) is 24.3. The SMILES string of the molecule is COc1ccccc1Sc1ccc(C(=O)NC2CC3CCC2N3)cc1. The second-order valence-electron chi connectivity index (χ2n) is 6.64. The Bertz CT molecular complexity index is 763. The molecule has 2 aliphatic rings. The van der Waals surface area contributed by atoms with Gasteiger partial charge in [-0.15, -0.1) is 0 Å². The average Bonchev–Trinajstić information content (AvgIpc) is 3.26. The van der Waals surface area contributed by atoms with E-state index >= 15 is 0 Å². The Morgan fingerprint density at radius 2 is 1.96 bits per heavy atom. The van der Waals surface area contributed by atoms with E-state index in [-0.39, 0.29) is 11.9 Å². The first-order valence-electron chi connectivity index (χ1n) is 8.71. The topological polar surface area (TPSA) is 50.4 Å². The summed E-state index contributed by atoms with van der Waals surface area (Å²) in [4.78, 5) is 14.6. The van der Waals surface area contributed by atoms with E-state index in [9.17, 15) is 4.79 Å². The minimum absolute atomic E-state index is 0.0215. The van der Waals surface area contributed by atoms with Crippen molar-refractivity contribution in [2.45, 2.75) is 47.2 Å². The molecule has 25 heavy (non-hydrogen) atoms. The van der Waals surface area contributed by atoms with E-state index in [4.69, 9.17) is 4.74 Å². The third kappa shape index (κ3) is 3.53. The van der Waals surface area contributed by atoms with Gasteiger partial charge in [-0.1, -0.05) is 23.9 Å². The first-order chi connectivity index (χ1) is 12.2. The second kappa shape index (κ2) is 7.10. The number of methoxy groups -OCH3 is 1. The van der Waals surface area contributed by atoms with Crippen molar-refractivity contribution in [3.8, 4) is 5.75 Å². The van der Waals surface area contributed by atoms with Gasteiger partial charge in [0.05, 0.1) is 12.0 Å². The van der Waals surface area contributed by atoms with Crippen LogP contribution in [0.3, 0.4) is 0 Å². The number of benzene rings is 2. The monoisotopic (exact) mass is 354 g/mol. The van der Waals surface area contributed by atoms with Gasteiger partial charge < -0.3 is 15.4 Å². The van der Waals surface area contributed by atoms with E-state index in [1.165, 1.54) is 12.8 Å². The zero-order chi connectivity index (χ0) is 17.2. The Balaban J connectivity index is 1.40. The number of fused-ring (bicyclic) bond motifs is 2. The highest BCUT2D eigenvalue weighted by Gasteiger charge is 2.39. The molecule has 2 aromatic rings.